The molecule has 0 radical (unpaired) electrons. The van der Waals surface area contributed by atoms with Crippen molar-refractivity contribution in [1.82, 2.24) is 9.80 Å². The predicted octanol–water partition coefficient (Wildman–Crippen LogP) is 0.235. The third kappa shape index (κ3) is 3.99. The van der Waals surface area contributed by atoms with E-state index in [1.807, 2.05) is 23.9 Å². The van der Waals surface area contributed by atoms with E-state index >= 15 is 0 Å². The number of phenols is 1. The number of primary amides is 1. The zero-order valence-electron chi connectivity index (χ0n) is 23.2. The van der Waals surface area contributed by atoms with Gasteiger partial charge in [0.1, 0.15) is 6.17 Å². The standard InChI is InChI=1S/C28H36BFN4O6/c1-32(2)21-13(10-34-6-5-14(30)11-34)9-17(35)19-15(21)7-12-8-16-22(33(3)4)24(37)20(27(31)39)25(29)28(16,40)26(38)18(12)23(19)36/h9,12,14,16,22,29,35,37-38,40H,5-8,10-11H2,1-4H3,(H2,31,39)/t12-,14-,16-,22-,28+/m0/s1. The molecule has 0 spiro atoms. The number of carbonyl (C=O) groups excluding carboxylic acids is 2. The fourth-order valence-electron chi connectivity index (χ4n) is 7.39. The summed E-state index contributed by atoms with van der Waals surface area (Å²) in [5.41, 5.74) is 4.75. The molecule has 1 heterocycles. The fourth-order valence-corrected chi connectivity index (χ4v) is 7.39. The van der Waals surface area contributed by atoms with Crippen molar-refractivity contribution in [2.24, 2.45) is 17.6 Å². The molecule has 1 aromatic rings. The van der Waals surface area contributed by atoms with Gasteiger partial charge in [0.15, 0.2) is 0 Å². The summed E-state index contributed by atoms with van der Waals surface area (Å²) < 4.78 is 13.9. The minimum absolute atomic E-state index is 0.0381. The third-order valence-electron chi connectivity index (χ3n) is 9.02. The number of alkyl halides is 1. The Balaban J connectivity index is 1.67. The summed E-state index contributed by atoms with van der Waals surface area (Å²) in [6.07, 6.45) is -0.00779. The van der Waals surface area contributed by atoms with Gasteiger partial charge in [0.2, 0.25) is 0 Å². The zero-order valence-corrected chi connectivity index (χ0v) is 23.2. The molecule has 10 nitrogen and oxygen atoms in total. The van der Waals surface area contributed by atoms with E-state index < -0.39 is 47.1 Å². The molecule has 1 saturated heterocycles. The molecule has 1 aromatic carbocycles. The molecule has 0 bridgehead atoms. The summed E-state index contributed by atoms with van der Waals surface area (Å²) in [5, 5.41) is 45.7. The van der Waals surface area contributed by atoms with Crippen molar-refractivity contribution in [2.45, 2.75) is 43.6 Å². The van der Waals surface area contributed by atoms with Gasteiger partial charge in [0.25, 0.3) is 0 Å². The Kier molecular flexibility index (Phi) is 6.87. The maximum absolute atomic E-state index is 14.0. The first kappa shape index (κ1) is 28.3. The van der Waals surface area contributed by atoms with Gasteiger partial charge < -0.3 is 0 Å². The summed E-state index contributed by atoms with van der Waals surface area (Å²) in [6.45, 7) is 1.29. The molecule has 1 fully saturated rings. The molecule has 0 aromatic heterocycles. The molecule has 0 saturated carbocycles. The molecule has 0 unspecified atom stereocenters. The van der Waals surface area contributed by atoms with Crippen LogP contribution in [0.5, 0.6) is 5.75 Å². The van der Waals surface area contributed by atoms with E-state index in [0.29, 0.717) is 31.6 Å². The number of aliphatic hydroxyl groups excluding tert-OH is 2. The van der Waals surface area contributed by atoms with Crippen molar-refractivity contribution >= 4 is 30.3 Å². The molecule has 5 atom stereocenters. The third-order valence-corrected chi connectivity index (χ3v) is 9.02. The van der Waals surface area contributed by atoms with Gasteiger partial charge in [0.05, 0.1) is 0 Å². The van der Waals surface area contributed by atoms with Gasteiger partial charge in [-0.05, 0) is 6.42 Å². The molecule has 214 valence electrons. The van der Waals surface area contributed by atoms with Crippen LogP contribution in [0, 0.1) is 11.8 Å². The first-order valence-electron chi connectivity index (χ1n) is 13.4. The van der Waals surface area contributed by atoms with Gasteiger partial charge in [-0.15, -0.1) is 0 Å². The van der Waals surface area contributed by atoms with Crippen molar-refractivity contribution < 1.29 is 34.4 Å². The Morgan fingerprint density at radius 1 is 1.25 bits per heavy atom. The van der Waals surface area contributed by atoms with Crippen LogP contribution in [0.15, 0.2) is 28.7 Å². The molecule has 1 aliphatic heterocycles. The maximum atomic E-state index is 14.0. The second-order valence-corrected chi connectivity index (χ2v) is 11.9. The average molecular weight is 554 g/mol. The normalized spacial score (nSPS) is 30.4. The van der Waals surface area contributed by atoms with Crippen LogP contribution in [-0.4, -0.2) is 114 Å². The second kappa shape index (κ2) is 9.71. The Labute approximate surface area is 233 Å². The van der Waals surface area contributed by atoms with Crippen molar-refractivity contribution in [2.75, 3.05) is 46.2 Å². The Bertz CT molecular complexity index is 1390. The van der Waals surface area contributed by atoms with E-state index in [-0.39, 0.29) is 46.5 Å². The van der Waals surface area contributed by atoms with Crippen molar-refractivity contribution in [3.8, 4) is 5.75 Å². The molecule has 5 rings (SSSR count). The number of amides is 1. The number of likely N-dealkylation sites (tertiary alicyclic amines) is 1. The summed E-state index contributed by atoms with van der Waals surface area (Å²) in [6, 6.07) is 0.624. The Hall–Kier alpha value is -3.22. The van der Waals surface area contributed by atoms with Crippen LogP contribution < -0.4 is 10.6 Å². The molecule has 3 aliphatic carbocycles. The number of aliphatic hydroxyl groups is 3. The minimum atomic E-state index is -2.23. The first-order chi connectivity index (χ1) is 18.7. The van der Waals surface area contributed by atoms with Crippen molar-refractivity contribution in [1.29, 1.82) is 0 Å². The molecule has 40 heavy (non-hydrogen) atoms. The van der Waals surface area contributed by atoms with Crippen molar-refractivity contribution in [3.05, 3.63) is 45.4 Å². The number of halogens is 1. The van der Waals surface area contributed by atoms with Gasteiger partial charge in [-0.2, -0.15) is 0 Å². The quantitative estimate of drug-likeness (QED) is 0.323. The van der Waals surface area contributed by atoms with Crippen LogP contribution >= 0.6 is 0 Å². The van der Waals surface area contributed by atoms with E-state index in [1.54, 1.807) is 19.0 Å². The molecule has 1 amide bonds. The summed E-state index contributed by atoms with van der Waals surface area (Å²) in [7, 11) is 10.8. The number of aromatic hydroxyl groups is 1. The number of rotatable bonds is 5. The summed E-state index contributed by atoms with van der Waals surface area (Å²) >= 11 is 0. The fraction of sp³-hybridized carbons (Fsp3) is 0.536. The van der Waals surface area contributed by atoms with Crippen LogP contribution in [0.2, 0.25) is 0 Å². The zero-order chi connectivity index (χ0) is 29.4. The van der Waals surface area contributed by atoms with Crippen molar-refractivity contribution in [3.63, 3.8) is 0 Å². The Morgan fingerprint density at radius 3 is 2.48 bits per heavy atom. The van der Waals surface area contributed by atoms with Crippen LogP contribution in [0.1, 0.15) is 34.3 Å². The van der Waals surface area contributed by atoms with Gasteiger partial charge in [-0.3, -0.25) is 0 Å². The number of ketones is 1. The number of hydrogen-bond donors (Lipinski definition) is 5. The van der Waals surface area contributed by atoms with Crippen LogP contribution in [0.25, 0.3) is 0 Å². The average Bonchev–Trinajstić information content (AvgIpc) is 3.24. The summed E-state index contributed by atoms with van der Waals surface area (Å²) in [5.74, 6) is -4.30. The topological polar surface area (TPSA) is 151 Å². The predicted molar refractivity (Wildman–Crippen MR) is 150 cm³/mol. The number of fused-ring (bicyclic) bond motifs is 3. The van der Waals surface area contributed by atoms with E-state index in [0.717, 1.165) is 11.3 Å². The number of likely N-dealkylation sites (N-methyl/N-ethyl adjacent to an activating group) is 1. The van der Waals surface area contributed by atoms with Crippen LogP contribution in [0.4, 0.5) is 10.1 Å². The second-order valence-electron chi connectivity index (χ2n) is 11.9. The number of Topliss-reactive ketones (excluding diaryl/α,β-unsaturated/α-hetero) is 1. The first-order valence-corrected chi connectivity index (χ1v) is 13.4. The van der Waals surface area contributed by atoms with Gasteiger partial charge in [-0.1, -0.05) is 0 Å². The number of hydrogen-bond acceptors (Lipinski definition) is 9. The number of nitrogens with zero attached hydrogens (tertiary/aromatic N) is 3. The van der Waals surface area contributed by atoms with Gasteiger partial charge in [0, 0.05) is 0 Å². The van der Waals surface area contributed by atoms with Crippen LogP contribution in [-0.2, 0) is 17.8 Å². The molecule has 6 N–H and O–H groups in total. The molecular formula is C28H36BFN4O6. The number of anilines is 1. The van der Waals surface area contributed by atoms with E-state index in [2.05, 4.69) is 7.49 Å². The number of benzene rings is 1. The number of carbonyl (C=O) groups is 2. The number of nitrogens with two attached hydrogens (primary N) is 1. The summed E-state index contributed by atoms with van der Waals surface area (Å²) in [4.78, 5) is 31.8. The monoisotopic (exact) mass is 554 g/mol. The van der Waals surface area contributed by atoms with Gasteiger partial charge in [-0.25, -0.2) is 4.39 Å². The van der Waals surface area contributed by atoms with Gasteiger partial charge >= 0.3 is 216 Å². The number of allylic oxidation sites excluding steroid dienone is 1. The number of phenolic OH excluding ortho intramolecular Hbond substituents is 1. The van der Waals surface area contributed by atoms with E-state index in [4.69, 9.17) is 5.73 Å². The SMILES string of the molecule is B=C1C(C(N)=O)=C(O)[C@@H](N(C)C)[C@@H]2C[C@@H]3Cc4c(c(O)cc(CN5CC[C@H](F)C5)c4N(C)C)C(=O)C3=C(O)[C@]12O. The molecule has 12 heteroatoms. The Morgan fingerprint density at radius 2 is 1.93 bits per heavy atom. The van der Waals surface area contributed by atoms with E-state index in [1.165, 1.54) is 6.07 Å². The van der Waals surface area contributed by atoms with Crippen LogP contribution in [0.3, 0.4) is 0 Å². The molecular weight excluding hydrogens is 518 g/mol. The van der Waals surface area contributed by atoms with E-state index in [9.17, 15) is 34.4 Å². The molecule has 4 aliphatic rings.